The monoisotopic (exact) mass is 570 g/mol. The summed E-state index contributed by atoms with van der Waals surface area (Å²) in [6.45, 7) is 0.491. The van der Waals surface area contributed by atoms with Gasteiger partial charge < -0.3 is 15.7 Å². The van der Waals surface area contributed by atoms with Crippen molar-refractivity contribution < 1.29 is 37.5 Å². The van der Waals surface area contributed by atoms with Crippen molar-refractivity contribution in [2.24, 2.45) is 0 Å². The van der Waals surface area contributed by atoms with Gasteiger partial charge in [0.15, 0.2) is 17.5 Å². The number of anilines is 1. The average molecular weight is 570 g/mol. The topological polar surface area (TPSA) is 112 Å². The third kappa shape index (κ3) is 6.51. The molecule has 0 saturated carbocycles. The first-order chi connectivity index (χ1) is 15.3. The van der Waals surface area contributed by atoms with Crippen molar-refractivity contribution in [1.82, 2.24) is 15.9 Å². The number of benzene rings is 1. The molecule has 0 aliphatic carbocycles. The Kier molecular flexibility index (Phi) is 10.1. The molecule has 0 radical (unpaired) electrons. The smallest absolute Gasteiger partial charge is 0.341 e. The number of hydroxylamine groups is 3. The highest BCUT2D eigenvalue weighted by molar-refractivity contribution is 14.2. The lowest BCUT2D eigenvalue weighted by Gasteiger charge is -2.22. The van der Waals surface area contributed by atoms with Crippen LogP contribution in [0, 0.1) is 11.6 Å². The molecule has 3 amide bonds. The third-order valence-corrected chi connectivity index (χ3v) is 5.58. The van der Waals surface area contributed by atoms with Gasteiger partial charge in [0.1, 0.15) is 0 Å². The Morgan fingerprint density at radius 2 is 2.00 bits per heavy atom. The molecule has 32 heavy (non-hydrogen) atoms. The highest BCUT2D eigenvalue weighted by atomic mass is 127. The highest BCUT2D eigenvalue weighted by Crippen LogP contribution is 2.30. The molecule has 0 saturated heterocycles. The van der Waals surface area contributed by atoms with Gasteiger partial charge in [0.05, 0.1) is 43.3 Å². The van der Waals surface area contributed by atoms with Crippen molar-refractivity contribution in [3.63, 3.8) is 0 Å². The number of nitrogens with one attached hydrogen (secondary N) is 3. The van der Waals surface area contributed by atoms with Gasteiger partial charge in [-0.1, -0.05) is 20.7 Å². The molecule has 0 unspecified atom stereocenters. The zero-order valence-corrected chi connectivity index (χ0v) is 19.3. The summed E-state index contributed by atoms with van der Waals surface area (Å²) < 4.78 is 47.1. The van der Waals surface area contributed by atoms with E-state index in [0.717, 1.165) is 11.1 Å². The van der Waals surface area contributed by atoms with E-state index in [1.165, 1.54) is 17.1 Å². The number of amides is 3. The SMILES string of the molecule is CCON(Cc1cc(C(=O)NOCCO)c(NC2=C(F)C=IC=C2)c(F)c1F)C(=O)NC. The van der Waals surface area contributed by atoms with Gasteiger partial charge in [0, 0.05) is 16.6 Å². The molecule has 0 atom stereocenters. The molecule has 0 fully saturated rings. The molecule has 0 spiro atoms. The molecule has 4 N–H and O–H groups in total. The van der Waals surface area contributed by atoms with Crippen LogP contribution in [0.3, 0.4) is 0 Å². The molecule has 1 aromatic carbocycles. The molecule has 1 aromatic rings. The zero-order valence-electron chi connectivity index (χ0n) is 17.2. The summed E-state index contributed by atoms with van der Waals surface area (Å²) >= 11 is -0.629. The van der Waals surface area contributed by atoms with E-state index >= 15 is 4.39 Å². The van der Waals surface area contributed by atoms with Gasteiger partial charge >= 0.3 is 6.03 Å². The Balaban J connectivity index is 2.51. The summed E-state index contributed by atoms with van der Waals surface area (Å²) in [5.74, 6) is -4.46. The first kappa shape index (κ1) is 25.8. The molecule has 0 aromatic heterocycles. The minimum absolute atomic E-state index is 0.0679. The quantitative estimate of drug-likeness (QED) is 0.196. The van der Waals surface area contributed by atoms with Gasteiger partial charge in [-0.2, -0.15) is 5.06 Å². The van der Waals surface area contributed by atoms with Gasteiger partial charge in [-0.25, -0.2) is 23.4 Å². The Morgan fingerprint density at radius 3 is 2.62 bits per heavy atom. The molecule has 0 bridgehead atoms. The van der Waals surface area contributed by atoms with Crippen LogP contribution in [0.1, 0.15) is 22.8 Å². The van der Waals surface area contributed by atoms with E-state index in [0.29, 0.717) is 0 Å². The maximum absolute atomic E-state index is 15.0. The maximum Gasteiger partial charge on any atom is 0.341 e. The number of aliphatic hydroxyl groups is 1. The molecule has 1 aliphatic heterocycles. The van der Waals surface area contributed by atoms with Crippen LogP contribution in [0.4, 0.5) is 23.7 Å². The van der Waals surface area contributed by atoms with E-state index in [1.54, 1.807) is 11.0 Å². The van der Waals surface area contributed by atoms with Crippen LogP contribution in [0.25, 0.3) is 0 Å². The van der Waals surface area contributed by atoms with Crippen LogP contribution in [0.5, 0.6) is 0 Å². The van der Waals surface area contributed by atoms with E-state index in [2.05, 4.69) is 10.6 Å². The number of nitrogens with zero attached hydrogens (tertiary/aromatic N) is 1. The summed E-state index contributed by atoms with van der Waals surface area (Å²) in [5, 5.41) is 14.3. The van der Waals surface area contributed by atoms with E-state index in [4.69, 9.17) is 14.8 Å². The van der Waals surface area contributed by atoms with Crippen molar-refractivity contribution >= 4 is 42.4 Å². The molecular weight excluding hydrogens is 548 g/mol. The van der Waals surface area contributed by atoms with Gasteiger partial charge in [-0.15, -0.1) is 0 Å². The van der Waals surface area contributed by atoms with Crippen LogP contribution in [0.15, 0.2) is 27.7 Å². The van der Waals surface area contributed by atoms with E-state index < -0.39 is 74.5 Å². The molecule has 13 heteroatoms. The normalized spacial score (nSPS) is 12.9. The Morgan fingerprint density at radius 1 is 1.25 bits per heavy atom. The average Bonchev–Trinajstić information content (AvgIpc) is 2.79. The molecular formula is C19H22F3IN4O5. The number of aliphatic hydroxyl groups excluding tert-OH is 1. The van der Waals surface area contributed by atoms with E-state index in [-0.39, 0.29) is 24.5 Å². The van der Waals surface area contributed by atoms with E-state index in [1.807, 2.05) is 5.48 Å². The number of urea groups is 1. The molecule has 176 valence electrons. The fraction of sp³-hybridized carbons (Fsp3) is 0.316. The number of hydrogen-bond donors (Lipinski definition) is 4. The number of hydrogen-bond acceptors (Lipinski definition) is 6. The van der Waals surface area contributed by atoms with Crippen molar-refractivity contribution in [1.29, 1.82) is 0 Å². The summed E-state index contributed by atoms with van der Waals surface area (Å²) in [5.41, 5.74) is 0.436. The number of halogens is 4. The van der Waals surface area contributed by atoms with Gasteiger partial charge in [-0.3, -0.25) is 14.5 Å². The molecule has 1 aliphatic rings. The van der Waals surface area contributed by atoms with Crippen LogP contribution in [0.2, 0.25) is 0 Å². The predicted octanol–water partition coefficient (Wildman–Crippen LogP) is 2.60. The van der Waals surface area contributed by atoms with Gasteiger partial charge in [0.25, 0.3) is 5.91 Å². The predicted molar refractivity (Wildman–Crippen MR) is 119 cm³/mol. The first-order valence-electron chi connectivity index (χ1n) is 9.28. The Bertz CT molecular complexity index is 955. The highest BCUT2D eigenvalue weighted by Gasteiger charge is 2.26. The van der Waals surface area contributed by atoms with Gasteiger partial charge in [-0.05, 0) is 23.1 Å². The minimum Gasteiger partial charge on any atom is -0.394 e. The zero-order chi connectivity index (χ0) is 23.7. The summed E-state index contributed by atoms with van der Waals surface area (Å²) in [6.07, 6.45) is 1.38. The number of rotatable bonds is 10. The summed E-state index contributed by atoms with van der Waals surface area (Å²) in [6, 6.07) is 0.277. The fourth-order valence-corrected chi connectivity index (χ4v) is 3.92. The van der Waals surface area contributed by atoms with Gasteiger partial charge in [0.2, 0.25) is 0 Å². The number of allylic oxidation sites excluding steroid dienone is 2. The standard InChI is InChI=1S/C19H22F3IN4O5/c1-3-32-27(19(30)24-2)10-11-8-12(18(29)26-31-7-6-28)17(16(22)15(11)21)25-14-4-5-23-9-13(14)20/h4-5,8-9,25,28H,3,6-7,10H2,1-2H3,(H,24,30)(H,26,29). The van der Waals surface area contributed by atoms with Crippen LogP contribution >= 0.6 is 20.7 Å². The van der Waals surface area contributed by atoms with Crippen LogP contribution in [-0.2, 0) is 16.2 Å². The second-order valence-electron chi connectivity index (χ2n) is 6.01. The van der Waals surface area contributed by atoms with Crippen LogP contribution in [-0.4, -0.2) is 53.0 Å². The lowest BCUT2D eigenvalue weighted by atomic mass is 10.1. The van der Waals surface area contributed by atoms with Crippen molar-refractivity contribution in [2.75, 3.05) is 32.2 Å². The second-order valence-corrected chi connectivity index (χ2v) is 8.07. The second kappa shape index (κ2) is 12.5. The Labute approximate surface area is 191 Å². The number of carbonyl (C=O) groups is 2. The largest absolute Gasteiger partial charge is 0.394 e. The number of carbonyl (C=O) groups excluding carboxylic acids is 2. The van der Waals surface area contributed by atoms with Crippen LogP contribution < -0.4 is 16.1 Å². The van der Waals surface area contributed by atoms with E-state index in [9.17, 15) is 18.4 Å². The minimum atomic E-state index is -1.46. The van der Waals surface area contributed by atoms with Crippen molar-refractivity contribution in [3.05, 3.63) is 50.5 Å². The first-order valence-corrected chi connectivity index (χ1v) is 11.8. The lowest BCUT2D eigenvalue weighted by Crippen LogP contribution is -2.38. The van der Waals surface area contributed by atoms with Crippen molar-refractivity contribution in [2.45, 2.75) is 13.5 Å². The maximum atomic E-state index is 15.0. The summed E-state index contributed by atoms with van der Waals surface area (Å²) in [4.78, 5) is 34.4. The van der Waals surface area contributed by atoms with Crippen molar-refractivity contribution in [3.8, 4) is 0 Å². The summed E-state index contributed by atoms with van der Waals surface area (Å²) in [7, 11) is 1.33. The Hall–Kier alpha value is -2.49. The molecule has 1 heterocycles. The molecule has 9 nitrogen and oxygen atoms in total. The third-order valence-electron chi connectivity index (χ3n) is 3.90. The molecule has 2 rings (SSSR count). The lowest BCUT2D eigenvalue weighted by molar-refractivity contribution is -0.119. The fourth-order valence-electron chi connectivity index (χ4n) is 2.49.